The Bertz CT molecular complexity index is 1000. The van der Waals surface area contributed by atoms with Crippen molar-refractivity contribution in [3.8, 4) is 0 Å². The number of hydrogen-bond donors (Lipinski definition) is 0. The van der Waals surface area contributed by atoms with Crippen LogP contribution >= 0.6 is 0 Å². The Balaban J connectivity index is 4.38. The van der Waals surface area contributed by atoms with Gasteiger partial charge >= 0.3 is 17.9 Å². The lowest BCUT2D eigenvalue weighted by Gasteiger charge is -2.28. The molecule has 0 fully saturated rings. The summed E-state index contributed by atoms with van der Waals surface area (Å²) in [6.45, 7) is 8.99. The fraction of sp³-hybridized carbons (Fsp3) is 0.956. The third-order valence-electron chi connectivity index (χ3n) is 15.9. The first-order valence-corrected chi connectivity index (χ1v) is 33.8. The van der Waals surface area contributed by atoms with Crippen molar-refractivity contribution in [1.29, 1.82) is 0 Å². The highest BCUT2D eigenvalue weighted by Gasteiger charge is 2.31. The van der Waals surface area contributed by atoms with Gasteiger partial charge in [0.25, 0.3) is 0 Å². The minimum absolute atomic E-state index is 0.0732. The summed E-state index contributed by atoms with van der Waals surface area (Å²) in [6.07, 6.45) is 72.2. The van der Waals surface area contributed by atoms with Gasteiger partial charge in [0, 0.05) is 19.3 Å². The van der Waals surface area contributed by atoms with Gasteiger partial charge in [0.1, 0.15) is 19.8 Å². The number of esters is 3. The Morgan fingerprint density at radius 3 is 0.473 bits per heavy atom. The van der Waals surface area contributed by atoms with E-state index < -0.39 is 5.41 Å². The summed E-state index contributed by atoms with van der Waals surface area (Å²) in [5.74, 6) is -0.658. The second kappa shape index (κ2) is 60.6. The molecule has 0 aliphatic carbocycles. The van der Waals surface area contributed by atoms with Gasteiger partial charge < -0.3 is 14.2 Å². The second-order valence-electron chi connectivity index (χ2n) is 24.1. The van der Waals surface area contributed by atoms with E-state index in [1.54, 1.807) is 0 Å². The average Bonchev–Trinajstić information content (AvgIpc) is 3.40. The molecule has 0 aliphatic heterocycles. The van der Waals surface area contributed by atoms with E-state index in [-0.39, 0.29) is 37.7 Å². The van der Waals surface area contributed by atoms with Gasteiger partial charge in [-0.3, -0.25) is 14.4 Å². The molecule has 0 saturated heterocycles. The number of ether oxygens (including phenoxy) is 3. The summed E-state index contributed by atoms with van der Waals surface area (Å²) in [4.78, 5) is 38.6. The molecule has 0 saturated carbocycles. The molecule has 0 spiro atoms. The summed E-state index contributed by atoms with van der Waals surface area (Å²) < 4.78 is 17.4. The monoisotopic (exact) mass is 1050 g/mol. The van der Waals surface area contributed by atoms with Crippen molar-refractivity contribution in [3.63, 3.8) is 0 Å². The lowest BCUT2D eigenvalue weighted by atomic mass is 9.94. The van der Waals surface area contributed by atoms with Crippen molar-refractivity contribution in [1.82, 2.24) is 0 Å². The van der Waals surface area contributed by atoms with Crippen LogP contribution in [-0.4, -0.2) is 37.7 Å². The number of hydrogen-bond acceptors (Lipinski definition) is 6. The van der Waals surface area contributed by atoms with Crippen molar-refractivity contribution >= 4 is 17.9 Å². The molecule has 0 amide bonds. The van der Waals surface area contributed by atoms with Gasteiger partial charge in [0.05, 0.1) is 5.41 Å². The highest BCUT2D eigenvalue weighted by atomic mass is 16.6. The lowest BCUT2D eigenvalue weighted by Crippen LogP contribution is -2.37. The first kappa shape index (κ1) is 72.4. The molecule has 0 atom stereocenters. The van der Waals surface area contributed by atoms with Crippen molar-refractivity contribution < 1.29 is 28.6 Å². The maximum Gasteiger partial charge on any atom is 0.305 e. The maximum atomic E-state index is 12.9. The van der Waals surface area contributed by atoms with Gasteiger partial charge in [-0.1, -0.05) is 348 Å². The molecule has 0 aromatic carbocycles. The van der Waals surface area contributed by atoms with Crippen LogP contribution in [0.25, 0.3) is 0 Å². The number of carbonyl (C=O) groups excluding carboxylic acids is 3. The van der Waals surface area contributed by atoms with Gasteiger partial charge in [-0.2, -0.15) is 0 Å². The molecule has 0 aromatic rings. The van der Waals surface area contributed by atoms with E-state index in [4.69, 9.17) is 14.2 Å². The topological polar surface area (TPSA) is 78.9 Å². The molecule has 74 heavy (non-hydrogen) atoms. The average molecular weight is 1050 g/mol. The molecule has 6 heteroatoms. The van der Waals surface area contributed by atoms with Crippen LogP contribution in [0.5, 0.6) is 0 Å². The standard InChI is InChI=1S/C68H132O6/c1-5-8-11-14-17-20-23-26-29-32-35-38-41-44-47-50-53-56-59-65(69)72-62-68(4,63-73-66(70)60-57-54-51-48-45-42-39-36-33-30-27-24-21-18-15-12-9-6-2)64-74-67(71)61-58-55-52-49-46-43-40-37-34-31-28-25-22-19-16-13-10-7-3/h5-64H2,1-4H3. The predicted molar refractivity (Wildman–Crippen MR) is 321 cm³/mol. The van der Waals surface area contributed by atoms with E-state index in [9.17, 15) is 14.4 Å². The predicted octanol–water partition coefficient (Wildman–Crippen LogP) is 22.9. The summed E-state index contributed by atoms with van der Waals surface area (Å²) in [7, 11) is 0. The van der Waals surface area contributed by atoms with Crippen LogP contribution in [0.4, 0.5) is 0 Å². The largest absolute Gasteiger partial charge is 0.465 e. The summed E-state index contributed by atoms with van der Waals surface area (Å²) in [5, 5.41) is 0. The van der Waals surface area contributed by atoms with E-state index in [0.29, 0.717) is 19.3 Å². The Hall–Kier alpha value is -1.59. The van der Waals surface area contributed by atoms with E-state index in [1.165, 1.54) is 289 Å². The zero-order valence-electron chi connectivity index (χ0n) is 50.9. The molecule has 0 radical (unpaired) electrons. The van der Waals surface area contributed by atoms with Gasteiger partial charge in [-0.15, -0.1) is 0 Å². The zero-order valence-corrected chi connectivity index (χ0v) is 50.9. The van der Waals surface area contributed by atoms with Crippen LogP contribution < -0.4 is 0 Å². The van der Waals surface area contributed by atoms with E-state index in [1.807, 2.05) is 6.92 Å². The SMILES string of the molecule is CCCCCCCCCCCCCCCCCCCCC(=O)OCC(C)(COC(=O)CCCCCCCCCCCCCCCCCCCC)COC(=O)CCCCCCCCCCCCCCCCCCCC. The fourth-order valence-electron chi connectivity index (χ4n) is 10.6. The number of carbonyl (C=O) groups is 3. The Morgan fingerprint density at radius 2 is 0.338 bits per heavy atom. The molecule has 440 valence electrons. The normalized spacial score (nSPS) is 11.7. The third-order valence-corrected chi connectivity index (χ3v) is 15.9. The van der Waals surface area contributed by atoms with Crippen LogP contribution in [0.3, 0.4) is 0 Å². The number of rotatable bonds is 63. The van der Waals surface area contributed by atoms with Crippen LogP contribution in [-0.2, 0) is 28.6 Å². The lowest BCUT2D eigenvalue weighted by molar-refractivity contribution is -0.160. The quantitative estimate of drug-likeness (QED) is 0.0343. The molecule has 0 N–H and O–H groups in total. The van der Waals surface area contributed by atoms with Crippen LogP contribution in [0.2, 0.25) is 0 Å². The van der Waals surface area contributed by atoms with Gasteiger partial charge in [-0.25, -0.2) is 0 Å². The minimum atomic E-state index is -0.781. The molecule has 0 aromatic heterocycles. The summed E-state index contributed by atoms with van der Waals surface area (Å²) in [6, 6.07) is 0. The first-order chi connectivity index (χ1) is 36.4. The minimum Gasteiger partial charge on any atom is -0.465 e. The molecular weight excluding hydrogens is 913 g/mol. The zero-order chi connectivity index (χ0) is 53.8. The van der Waals surface area contributed by atoms with Crippen molar-refractivity contribution in [3.05, 3.63) is 0 Å². The summed E-state index contributed by atoms with van der Waals surface area (Å²) in [5.41, 5.74) is -0.781. The van der Waals surface area contributed by atoms with Crippen LogP contribution in [0.1, 0.15) is 394 Å². The Kier molecular flexibility index (Phi) is 59.3. The first-order valence-electron chi connectivity index (χ1n) is 33.8. The Morgan fingerprint density at radius 1 is 0.216 bits per heavy atom. The highest BCUT2D eigenvalue weighted by Crippen LogP contribution is 2.23. The molecule has 6 nitrogen and oxygen atoms in total. The molecule has 0 bridgehead atoms. The molecule has 0 rings (SSSR count). The molecule has 0 unspecified atom stereocenters. The molecule has 0 heterocycles. The second-order valence-corrected chi connectivity index (χ2v) is 24.1. The van der Waals surface area contributed by atoms with E-state index in [0.717, 1.165) is 57.8 Å². The van der Waals surface area contributed by atoms with E-state index >= 15 is 0 Å². The van der Waals surface area contributed by atoms with Crippen molar-refractivity contribution in [2.24, 2.45) is 5.41 Å². The molecular formula is C68H132O6. The van der Waals surface area contributed by atoms with E-state index in [2.05, 4.69) is 20.8 Å². The fourth-order valence-corrected chi connectivity index (χ4v) is 10.6. The summed E-state index contributed by atoms with van der Waals surface area (Å²) >= 11 is 0. The van der Waals surface area contributed by atoms with Crippen molar-refractivity contribution in [2.75, 3.05) is 19.8 Å². The Labute approximate surface area is 463 Å². The maximum absolute atomic E-state index is 12.9. The number of unbranched alkanes of at least 4 members (excludes halogenated alkanes) is 51. The smallest absolute Gasteiger partial charge is 0.305 e. The van der Waals surface area contributed by atoms with Gasteiger partial charge in [0.2, 0.25) is 0 Å². The van der Waals surface area contributed by atoms with Crippen LogP contribution in [0.15, 0.2) is 0 Å². The van der Waals surface area contributed by atoms with Gasteiger partial charge in [0.15, 0.2) is 0 Å². The third kappa shape index (κ3) is 58.1. The van der Waals surface area contributed by atoms with Gasteiger partial charge in [-0.05, 0) is 26.2 Å². The van der Waals surface area contributed by atoms with Crippen LogP contribution in [0, 0.1) is 5.41 Å². The molecule has 0 aliphatic rings. The van der Waals surface area contributed by atoms with Crippen molar-refractivity contribution in [2.45, 2.75) is 394 Å². The highest BCUT2D eigenvalue weighted by molar-refractivity contribution is 5.70.